The molecule has 0 aliphatic carbocycles. The first-order chi connectivity index (χ1) is 9.24. The van der Waals surface area contributed by atoms with Crippen molar-refractivity contribution >= 4 is 19.5 Å². The van der Waals surface area contributed by atoms with Gasteiger partial charge >= 0.3 is 5.97 Å². The standard InChI is InChI=1S/C16H16O3.H2S/c17-16(18)11-8-13-6-9-15(10-7-13)19-12-14-4-2-1-3-5-14;/h1-7,9-10H,8,11-12H2,(H,17,18);1H2. The van der Waals surface area contributed by atoms with E-state index in [-0.39, 0.29) is 19.9 Å². The fraction of sp³-hybridized carbons (Fsp3) is 0.188. The summed E-state index contributed by atoms with van der Waals surface area (Å²) in [5, 5.41) is 8.61. The molecule has 0 unspecified atom stereocenters. The molecular weight excluding hydrogens is 272 g/mol. The predicted molar refractivity (Wildman–Crippen MR) is 83.6 cm³/mol. The first-order valence-corrected chi connectivity index (χ1v) is 6.21. The summed E-state index contributed by atoms with van der Waals surface area (Å²) in [6.07, 6.45) is 0.707. The molecule has 20 heavy (non-hydrogen) atoms. The Kier molecular flexibility index (Phi) is 6.67. The molecule has 2 aromatic rings. The van der Waals surface area contributed by atoms with Gasteiger partial charge in [0, 0.05) is 6.42 Å². The van der Waals surface area contributed by atoms with Gasteiger partial charge in [-0.25, -0.2) is 0 Å². The van der Waals surface area contributed by atoms with E-state index in [2.05, 4.69) is 0 Å². The van der Waals surface area contributed by atoms with Crippen molar-refractivity contribution in [3.8, 4) is 5.75 Å². The van der Waals surface area contributed by atoms with E-state index < -0.39 is 5.97 Å². The molecule has 0 fully saturated rings. The highest BCUT2D eigenvalue weighted by Crippen LogP contribution is 2.15. The topological polar surface area (TPSA) is 46.5 Å². The summed E-state index contributed by atoms with van der Waals surface area (Å²) >= 11 is 0. The van der Waals surface area contributed by atoms with Gasteiger partial charge in [-0.15, -0.1) is 0 Å². The number of hydrogen-bond acceptors (Lipinski definition) is 2. The lowest BCUT2D eigenvalue weighted by Crippen LogP contribution is -1.98. The van der Waals surface area contributed by atoms with Gasteiger partial charge in [0.15, 0.2) is 0 Å². The Labute approximate surface area is 125 Å². The molecule has 0 aromatic heterocycles. The molecule has 0 aliphatic heterocycles. The maximum Gasteiger partial charge on any atom is 0.303 e. The third-order valence-electron chi connectivity index (χ3n) is 2.80. The van der Waals surface area contributed by atoms with Crippen molar-refractivity contribution in [1.82, 2.24) is 0 Å². The zero-order chi connectivity index (χ0) is 13.5. The smallest absolute Gasteiger partial charge is 0.303 e. The van der Waals surface area contributed by atoms with Crippen molar-refractivity contribution in [3.05, 3.63) is 65.7 Å². The second-order valence-corrected chi connectivity index (χ2v) is 4.31. The van der Waals surface area contributed by atoms with Gasteiger partial charge in [0.2, 0.25) is 0 Å². The number of carboxylic acids is 1. The van der Waals surface area contributed by atoms with Crippen LogP contribution < -0.4 is 4.74 Å². The van der Waals surface area contributed by atoms with E-state index in [4.69, 9.17) is 9.84 Å². The second kappa shape index (κ2) is 8.27. The summed E-state index contributed by atoms with van der Waals surface area (Å²) in [6.45, 7) is 0.537. The number of aliphatic carboxylic acids is 1. The Bertz CT molecular complexity index is 523. The van der Waals surface area contributed by atoms with Gasteiger partial charge in [-0.2, -0.15) is 13.5 Å². The molecular formula is C16H18O3S. The van der Waals surface area contributed by atoms with E-state index in [0.29, 0.717) is 13.0 Å². The number of carboxylic acid groups (broad SMARTS) is 1. The third kappa shape index (κ3) is 5.36. The van der Waals surface area contributed by atoms with E-state index >= 15 is 0 Å². The van der Waals surface area contributed by atoms with Gasteiger partial charge in [0.25, 0.3) is 0 Å². The maximum absolute atomic E-state index is 10.5. The summed E-state index contributed by atoms with van der Waals surface area (Å²) in [6, 6.07) is 17.5. The van der Waals surface area contributed by atoms with Gasteiger partial charge in [-0.3, -0.25) is 4.79 Å². The number of rotatable bonds is 6. The minimum atomic E-state index is -0.774. The van der Waals surface area contributed by atoms with Gasteiger partial charge in [0.05, 0.1) is 0 Å². The molecule has 2 aromatic carbocycles. The largest absolute Gasteiger partial charge is 0.489 e. The second-order valence-electron chi connectivity index (χ2n) is 4.31. The van der Waals surface area contributed by atoms with Crippen LogP contribution in [0.2, 0.25) is 0 Å². The molecule has 0 amide bonds. The van der Waals surface area contributed by atoms with Crippen LogP contribution in [0.5, 0.6) is 5.75 Å². The molecule has 106 valence electrons. The monoisotopic (exact) mass is 290 g/mol. The molecule has 3 nitrogen and oxygen atoms in total. The van der Waals surface area contributed by atoms with Crippen LogP contribution in [0, 0.1) is 0 Å². The molecule has 0 aliphatic rings. The minimum absolute atomic E-state index is 0. The van der Waals surface area contributed by atoms with E-state index in [0.717, 1.165) is 16.9 Å². The highest BCUT2D eigenvalue weighted by Gasteiger charge is 2.00. The van der Waals surface area contributed by atoms with Crippen molar-refractivity contribution in [2.75, 3.05) is 0 Å². The average molecular weight is 290 g/mol. The molecule has 4 heteroatoms. The molecule has 0 bridgehead atoms. The van der Waals surface area contributed by atoms with Crippen LogP contribution in [0.15, 0.2) is 54.6 Å². The van der Waals surface area contributed by atoms with Crippen LogP contribution in [0.3, 0.4) is 0 Å². The zero-order valence-electron chi connectivity index (χ0n) is 11.1. The van der Waals surface area contributed by atoms with Gasteiger partial charge in [-0.05, 0) is 29.7 Å². The van der Waals surface area contributed by atoms with Crippen LogP contribution in [0.4, 0.5) is 0 Å². The van der Waals surface area contributed by atoms with Crippen molar-refractivity contribution in [2.45, 2.75) is 19.4 Å². The van der Waals surface area contributed by atoms with E-state index in [1.807, 2.05) is 54.6 Å². The SMILES string of the molecule is O=C(O)CCc1ccc(OCc2ccccc2)cc1.S. The highest BCUT2D eigenvalue weighted by molar-refractivity contribution is 7.59. The van der Waals surface area contributed by atoms with Crippen LogP contribution in [-0.2, 0) is 17.8 Å². The summed E-state index contributed by atoms with van der Waals surface area (Å²) in [4.78, 5) is 10.5. The lowest BCUT2D eigenvalue weighted by molar-refractivity contribution is -0.136. The Morgan fingerprint density at radius 1 is 0.950 bits per heavy atom. The molecule has 0 spiro atoms. The molecule has 0 saturated carbocycles. The summed E-state index contributed by atoms with van der Waals surface area (Å²) in [5.74, 6) is 0.0207. The van der Waals surface area contributed by atoms with Crippen molar-refractivity contribution in [2.24, 2.45) is 0 Å². The Hall–Kier alpha value is -1.94. The van der Waals surface area contributed by atoms with Crippen LogP contribution in [0.25, 0.3) is 0 Å². The number of benzene rings is 2. The Morgan fingerprint density at radius 3 is 2.20 bits per heavy atom. The van der Waals surface area contributed by atoms with Crippen LogP contribution >= 0.6 is 13.5 Å². The summed E-state index contributed by atoms with van der Waals surface area (Å²) in [7, 11) is 0. The normalized spacial score (nSPS) is 9.60. The van der Waals surface area contributed by atoms with Crippen LogP contribution in [0.1, 0.15) is 17.5 Å². The number of hydrogen-bond donors (Lipinski definition) is 1. The van der Waals surface area contributed by atoms with Crippen molar-refractivity contribution in [3.63, 3.8) is 0 Å². The van der Waals surface area contributed by atoms with E-state index in [1.165, 1.54) is 0 Å². The fourth-order valence-electron chi connectivity index (χ4n) is 1.74. The van der Waals surface area contributed by atoms with Gasteiger partial charge in [0.1, 0.15) is 12.4 Å². The van der Waals surface area contributed by atoms with Crippen molar-refractivity contribution < 1.29 is 14.6 Å². The molecule has 0 atom stereocenters. The maximum atomic E-state index is 10.5. The summed E-state index contributed by atoms with van der Waals surface area (Å²) < 4.78 is 5.66. The lowest BCUT2D eigenvalue weighted by atomic mass is 10.1. The lowest BCUT2D eigenvalue weighted by Gasteiger charge is -2.07. The third-order valence-corrected chi connectivity index (χ3v) is 2.80. The first-order valence-electron chi connectivity index (χ1n) is 6.21. The number of ether oxygens (including phenoxy) is 1. The highest BCUT2D eigenvalue weighted by atomic mass is 32.1. The zero-order valence-corrected chi connectivity index (χ0v) is 12.1. The molecule has 2 rings (SSSR count). The van der Waals surface area contributed by atoms with E-state index in [9.17, 15) is 4.79 Å². The quantitative estimate of drug-likeness (QED) is 0.887. The predicted octanol–water partition coefficient (Wildman–Crippen LogP) is 3.40. The number of aryl methyl sites for hydroxylation is 1. The Balaban J connectivity index is 0.00000200. The fourth-order valence-corrected chi connectivity index (χ4v) is 1.74. The van der Waals surface area contributed by atoms with Crippen LogP contribution in [-0.4, -0.2) is 11.1 Å². The molecule has 0 saturated heterocycles. The molecule has 0 radical (unpaired) electrons. The van der Waals surface area contributed by atoms with Gasteiger partial charge in [-0.1, -0.05) is 42.5 Å². The molecule has 1 N–H and O–H groups in total. The van der Waals surface area contributed by atoms with Crippen molar-refractivity contribution in [1.29, 1.82) is 0 Å². The van der Waals surface area contributed by atoms with E-state index in [1.54, 1.807) is 0 Å². The average Bonchev–Trinajstić information content (AvgIpc) is 2.45. The van der Waals surface area contributed by atoms with Gasteiger partial charge < -0.3 is 9.84 Å². The minimum Gasteiger partial charge on any atom is -0.489 e. The number of carbonyl (C=O) groups is 1. The summed E-state index contributed by atoms with van der Waals surface area (Å²) in [5.41, 5.74) is 2.13. The molecule has 0 heterocycles. The Morgan fingerprint density at radius 2 is 1.60 bits per heavy atom. The first kappa shape index (κ1) is 16.1.